The second kappa shape index (κ2) is 6.17. The Labute approximate surface area is 126 Å². The molecule has 0 radical (unpaired) electrons. The second-order valence-corrected chi connectivity index (χ2v) is 4.57. The molecule has 2 aromatic heterocycles. The van der Waals surface area contributed by atoms with Crippen LogP contribution in [0.4, 0.5) is 0 Å². The summed E-state index contributed by atoms with van der Waals surface area (Å²) < 4.78 is 15.5. The van der Waals surface area contributed by atoms with E-state index >= 15 is 0 Å². The minimum Gasteiger partial charge on any atom is -0.497 e. The monoisotopic (exact) mass is 298 g/mol. The van der Waals surface area contributed by atoms with Gasteiger partial charge in [0, 0.05) is 11.6 Å². The molecule has 1 aromatic carbocycles. The number of amides is 1. The first-order chi connectivity index (χ1) is 10.8. The molecule has 1 N–H and O–H groups in total. The van der Waals surface area contributed by atoms with Crippen LogP contribution in [0.5, 0.6) is 5.75 Å². The second-order valence-electron chi connectivity index (χ2n) is 4.57. The van der Waals surface area contributed by atoms with Crippen LogP contribution < -0.4 is 10.1 Å². The van der Waals surface area contributed by atoms with Gasteiger partial charge in [-0.05, 0) is 24.3 Å². The number of methoxy groups -OCH3 is 1. The smallest absolute Gasteiger partial charge is 0.287 e. The van der Waals surface area contributed by atoms with Gasteiger partial charge in [-0.3, -0.25) is 4.79 Å². The molecule has 0 bridgehead atoms. The first kappa shape index (κ1) is 13.9. The van der Waals surface area contributed by atoms with Crippen molar-refractivity contribution in [2.75, 3.05) is 7.11 Å². The number of carbonyl (C=O) groups is 1. The molecule has 3 aromatic rings. The van der Waals surface area contributed by atoms with Crippen molar-refractivity contribution in [3.05, 3.63) is 60.2 Å². The van der Waals surface area contributed by atoms with Crippen LogP contribution in [0.25, 0.3) is 11.3 Å². The Kier molecular flexibility index (Phi) is 3.91. The van der Waals surface area contributed by atoms with Crippen LogP contribution in [0.3, 0.4) is 0 Å². The summed E-state index contributed by atoms with van der Waals surface area (Å²) in [5.41, 5.74) is 1.48. The maximum absolute atomic E-state index is 11.8. The molecule has 0 saturated heterocycles. The average Bonchev–Trinajstić information content (AvgIpc) is 3.24. The van der Waals surface area contributed by atoms with E-state index in [1.807, 2.05) is 24.3 Å². The molecule has 0 aliphatic rings. The van der Waals surface area contributed by atoms with E-state index in [2.05, 4.69) is 10.5 Å². The van der Waals surface area contributed by atoms with Crippen LogP contribution >= 0.6 is 0 Å². The van der Waals surface area contributed by atoms with Gasteiger partial charge in [-0.1, -0.05) is 17.3 Å². The lowest BCUT2D eigenvalue weighted by atomic mass is 10.1. The van der Waals surface area contributed by atoms with Crippen molar-refractivity contribution >= 4 is 5.91 Å². The van der Waals surface area contributed by atoms with Crippen LogP contribution in [0.15, 0.2) is 57.7 Å². The highest BCUT2D eigenvalue weighted by Crippen LogP contribution is 2.24. The number of furan rings is 1. The van der Waals surface area contributed by atoms with E-state index in [1.54, 1.807) is 25.3 Å². The number of aromatic nitrogens is 1. The van der Waals surface area contributed by atoms with Crippen molar-refractivity contribution in [1.82, 2.24) is 10.5 Å². The maximum Gasteiger partial charge on any atom is 0.287 e. The molecule has 22 heavy (non-hydrogen) atoms. The quantitative estimate of drug-likeness (QED) is 0.783. The van der Waals surface area contributed by atoms with Gasteiger partial charge in [-0.25, -0.2) is 0 Å². The van der Waals surface area contributed by atoms with E-state index in [1.165, 1.54) is 6.26 Å². The SMILES string of the molecule is COc1cccc(-c2cc(CNC(=O)c3ccco3)no2)c1. The van der Waals surface area contributed by atoms with Crippen LogP contribution in [-0.2, 0) is 6.54 Å². The van der Waals surface area contributed by atoms with Crippen LogP contribution in [0, 0.1) is 0 Å². The van der Waals surface area contributed by atoms with Crippen LogP contribution in [0.1, 0.15) is 16.2 Å². The first-order valence-electron chi connectivity index (χ1n) is 6.68. The number of benzene rings is 1. The highest BCUT2D eigenvalue weighted by Gasteiger charge is 2.11. The summed E-state index contributed by atoms with van der Waals surface area (Å²) in [5.74, 6) is 1.31. The molecule has 0 atom stereocenters. The van der Waals surface area contributed by atoms with Crippen LogP contribution in [-0.4, -0.2) is 18.2 Å². The molecule has 0 saturated carbocycles. The molecular formula is C16H14N2O4. The van der Waals surface area contributed by atoms with Crippen molar-refractivity contribution in [3.63, 3.8) is 0 Å². The fourth-order valence-corrected chi connectivity index (χ4v) is 1.97. The van der Waals surface area contributed by atoms with E-state index in [0.29, 0.717) is 11.5 Å². The summed E-state index contributed by atoms with van der Waals surface area (Å²) in [6, 6.07) is 12.5. The third-order valence-corrected chi connectivity index (χ3v) is 3.09. The van der Waals surface area contributed by atoms with Gasteiger partial charge in [0.1, 0.15) is 11.4 Å². The van der Waals surface area contributed by atoms with E-state index in [0.717, 1.165) is 11.3 Å². The Morgan fingerprint density at radius 1 is 1.27 bits per heavy atom. The van der Waals surface area contributed by atoms with E-state index in [4.69, 9.17) is 13.7 Å². The molecule has 112 valence electrons. The van der Waals surface area contributed by atoms with Gasteiger partial charge < -0.3 is 19.0 Å². The number of hydrogen-bond donors (Lipinski definition) is 1. The molecule has 1 amide bonds. The van der Waals surface area contributed by atoms with Gasteiger partial charge in [-0.2, -0.15) is 0 Å². The lowest BCUT2D eigenvalue weighted by Crippen LogP contribution is -2.22. The molecule has 6 heteroatoms. The highest BCUT2D eigenvalue weighted by atomic mass is 16.5. The molecule has 2 heterocycles. The van der Waals surface area contributed by atoms with Gasteiger partial charge in [0.2, 0.25) is 0 Å². The van der Waals surface area contributed by atoms with Crippen molar-refractivity contribution in [2.45, 2.75) is 6.54 Å². The summed E-state index contributed by atoms with van der Waals surface area (Å²) in [4.78, 5) is 11.8. The molecule has 3 rings (SSSR count). The average molecular weight is 298 g/mol. The Bertz CT molecular complexity index is 762. The number of nitrogens with one attached hydrogen (secondary N) is 1. The highest BCUT2D eigenvalue weighted by molar-refractivity contribution is 5.91. The Hall–Kier alpha value is -3.02. The summed E-state index contributed by atoms with van der Waals surface area (Å²) in [6.07, 6.45) is 1.45. The Morgan fingerprint density at radius 3 is 2.95 bits per heavy atom. The van der Waals surface area contributed by atoms with E-state index in [-0.39, 0.29) is 18.2 Å². The zero-order valence-corrected chi connectivity index (χ0v) is 11.9. The Balaban J connectivity index is 1.67. The summed E-state index contributed by atoms with van der Waals surface area (Å²) in [5, 5.41) is 6.65. The number of rotatable bonds is 5. The van der Waals surface area contributed by atoms with Crippen molar-refractivity contribution in [1.29, 1.82) is 0 Å². The summed E-state index contributed by atoms with van der Waals surface area (Å²) in [7, 11) is 1.61. The largest absolute Gasteiger partial charge is 0.497 e. The fourth-order valence-electron chi connectivity index (χ4n) is 1.97. The normalized spacial score (nSPS) is 10.4. The number of nitrogens with zero attached hydrogens (tertiary/aromatic N) is 1. The molecule has 0 spiro atoms. The minimum absolute atomic E-state index is 0.257. The fraction of sp³-hybridized carbons (Fsp3) is 0.125. The first-order valence-corrected chi connectivity index (χ1v) is 6.68. The summed E-state index contributed by atoms with van der Waals surface area (Å²) in [6.45, 7) is 0.257. The zero-order valence-electron chi connectivity index (χ0n) is 11.9. The van der Waals surface area contributed by atoms with Gasteiger partial charge in [-0.15, -0.1) is 0 Å². The van der Waals surface area contributed by atoms with Gasteiger partial charge in [0.15, 0.2) is 11.5 Å². The lowest BCUT2D eigenvalue weighted by molar-refractivity contribution is 0.0922. The number of carbonyl (C=O) groups excluding carboxylic acids is 1. The molecule has 0 fully saturated rings. The van der Waals surface area contributed by atoms with Crippen molar-refractivity contribution in [3.8, 4) is 17.1 Å². The molecule has 0 aliphatic carbocycles. The molecular weight excluding hydrogens is 284 g/mol. The third kappa shape index (κ3) is 3.01. The molecule has 0 unspecified atom stereocenters. The summed E-state index contributed by atoms with van der Waals surface area (Å²) >= 11 is 0. The zero-order chi connectivity index (χ0) is 15.4. The van der Waals surface area contributed by atoms with Gasteiger partial charge in [0.25, 0.3) is 5.91 Å². The predicted octanol–water partition coefficient (Wildman–Crippen LogP) is 2.87. The maximum atomic E-state index is 11.8. The number of ether oxygens (including phenoxy) is 1. The van der Waals surface area contributed by atoms with Gasteiger partial charge >= 0.3 is 0 Å². The third-order valence-electron chi connectivity index (χ3n) is 3.09. The van der Waals surface area contributed by atoms with Crippen molar-refractivity contribution in [2.24, 2.45) is 0 Å². The van der Waals surface area contributed by atoms with E-state index in [9.17, 15) is 4.79 Å². The van der Waals surface area contributed by atoms with Crippen molar-refractivity contribution < 1.29 is 18.5 Å². The molecule has 6 nitrogen and oxygen atoms in total. The Morgan fingerprint density at radius 2 is 2.18 bits per heavy atom. The lowest BCUT2D eigenvalue weighted by Gasteiger charge is -2.00. The standard InChI is InChI=1S/C16H14N2O4/c1-20-13-5-2-4-11(8-13)15-9-12(18-22-15)10-17-16(19)14-6-3-7-21-14/h2-9H,10H2,1H3,(H,17,19). The van der Waals surface area contributed by atoms with Crippen LogP contribution in [0.2, 0.25) is 0 Å². The predicted molar refractivity (Wildman–Crippen MR) is 78.4 cm³/mol. The minimum atomic E-state index is -0.295. The van der Waals surface area contributed by atoms with E-state index < -0.39 is 0 Å². The number of hydrogen-bond acceptors (Lipinski definition) is 5. The van der Waals surface area contributed by atoms with Gasteiger partial charge in [0.05, 0.1) is 19.9 Å². The molecule has 0 aliphatic heterocycles. The topological polar surface area (TPSA) is 77.5 Å².